The molecule has 4 heteroatoms. The van der Waals surface area contributed by atoms with Crippen molar-refractivity contribution in [3.05, 3.63) is 52.5 Å². The Kier molecular flexibility index (Phi) is 3.74. The predicted molar refractivity (Wildman–Crippen MR) is 82.2 cm³/mol. The molecule has 1 unspecified atom stereocenters. The zero-order chi connectivity index (χ0) is 15.0. The molecule has 1 aliphatic carbocycles. The van der Waals surface area contributed by atoms with Gasteiger partial charge < -0.3 is 9.15 Å². The topological polar surface area (TPSA) is 60.4 Å². The van der Waals surface area contributed by atoms with E-state index in [0.717, 1.165) is 46.8 Å². The summed E-state index contributed by atoms with van der Waals surface area (Å²) in [6, 6.07) is 8.03. The number of hydrogen-bond donors (Lipinski definition) is 2. The lowest BCUT2D eigenvalue weighted by atomic mass is 9.96. The number of benzene rings is 1. The summed E-state index contributed by atoms with van der Waals surface area (Å²) in [5.41, 5.74) is 6.25. The van der Waals surface area contributed by atoms with Crippen LogP contribution in [-0.2, 0) is 0 Å². The van der Waals surface area contributed by atoms with Gasteiger partial charge in [0.1, 0.15) is 17.3 Å². The summed E-state index contributed by atoms with van der Waals surface area (Å²) in [5, 5.41) is 0. The van der Waals surface area contributed by atoms with Gasteiger partial charge in [0.25, 0.3) is 0 Å². The largest absolute Gasteiger partial charge is 0.490 e. The predicted octanol–water partition coefficient (Wildman–Crippen LogP) is 3.30. The Bertz CT molecular complexity index is 644. The quantitative estimate of drug-likeness (QED) is 0.654. The molecule has 0 aliphatic heterocycles. The van der Waals surface area contributed by atoms with Gasteiger partial charge in [-0.15, -0.1) is 0 Å². The third-order valence-electron chi connectivity index (χ3n) is 4.09. The first-order valence-electron chi connectivity index (χ1n) is 7.39. The zero-order valence-electron chi connectivity index (χ0n) is 12.8. The van der Waals surface area contributed by atoms with E-state index in [2.05, 4.69) is 24.5 Å². The molecule has 2 aromatic rings. The van der Waals surface area contributed by atoms with Crippen molar-refractivity contribution in [1.82, 2.24) is 5.43 Å². The molecule has 1 aromatic heterocycles. The second-order valence-corrected chi connectivity index (χ2v) is 5.74. The smallest absolute Gasteiger partial charge is 0.120 e. The molecule has 3 rings (SSSR count). The van der Waals surface area contributed by atoms with Crippen LogP contribution in [0.1, 0.15) is 47.1 Å². The lowest BCUT2D eigenvalue weighted by Crippen LogP contribution is -2.29. The summed E-state index contributed by atoms with van der Waals surface area (Å²) in [5.74, 6) is 8.57. The van der Waals surface area contributed by atoms with E-state index in [1.165, 1.54) is 0 Å². The van der Waals surface area contributed by atoms with Crippen LogP contribution in [0.3, 0.4) is 0 Å². The van der Waals surface area contributed by atoms with Crippen LogP contribution in [-0.4, -0.2) is 6.10 Å². The van der Waals surface area contributed by atoms with Crippen molar-refractivity contribution in [3.63, 3.8) is 0 Å². The molecule has 0 spiro atoms. The van der Waals surface area contributed by atoms with E-state index >= 15 is 0 Å². The van der Waals surface area contributed by atoms with E-state index in [1.807, 2.05) is 26.0 Å². The fourth-order valence-electron chi connectivity index (χ4n) is 2.73. The summed E-state index contributed by atoms with van der Waals surface area (Å²) in [6.07, 6.45) is 2.70. The molecule has 21 heavy (non-hydrogen) atoms. The normalized spacial score (nSPS) is 16.0. The standard InChI is InChI=1S/C17H22N2O2/c1-10-11(2)20-12(3)16(10)17(19-18)13-5-4-6-15(9-13)21-14-7-8-14/h4-6,9,14,17,19H,7-8,18H2,1-3H3. The minimum Gasteiger partial charge on any atom is -0.490 e. The van der Waals surface area contributed by atoms with Gasteiger partial charge in [-0.05, 0) is 56.9 Å². The highest BCUT2D eigenvalue weighted by molar-refractivity contribution is 5.42. The second kappa shape index (κ2) is 5.54. The van der Waals surface area contributed by atoms with Crippen molar-refractivity contribution in [2.24, 2.45) is 5.84 Å². The molecule has 0 bridgehead atoms. The van der Waals surface area contributed by atoms with Crippen molar-refractivity contribution < 1.29 is 9.15 Å². The Hall–Kier alpha value is -1.78. The van der Waals surface area contributed by atoms with Crippen LogP contribution in [0.2, 0.25) is 0 Å². The number of hydrogen-bond acceptors (Lipinski definition) is 4. The molecule has 1 saturated carbocycles. The Morgan fingerprint density at radius 3 is 2.57 bits per heavy atom. The molecule has 0 saturated heterocycles. The van der Waals surface area contributed by atoms with E-state index in [0.29, 0.717) is 6.10 Å². The van der Waals surface area contributed by atoms with Crippen molar-refractivity contribution in [2.45, 2.75) is 45.8 Å². The second-order valence-electron chi connectivity index (χ2n) is 5.74. The maximum Gasteiger partial charge on any atom is 0.120 e. The Labute approximate surface area is 125 Å². The number of nitrogens with one attached hydrogen (secondary N) is 1. The van der Waals surface area contributed by atoms with Gasteiger partial charge in [-0.1, -0.05) is 12.1 Å². The van der Waals surface area contributed by atoms with Gasteiger partial charge in [-0.25, -0.2) is 5.43 Å². The Balaban J connectivity index is 1.95. The SMILES string of the molecule is Cc1oc(C)c(C(NN)c2cccc(OC3CC3)c2)c1C. The first-order valence-corrected chi connectivity index (χ1v) is 7.39. The lowest BCUT2D eigenvalue weighted by molar-refractivity contribution is 0.302. The number of furan rings is 1. The van der Waals surface area contributed by atoms with Crippen LogP contribution in [0.4, 0.5) is 0 Å². The molecule has 1 atom stereocenters. The molecule has 1 fully saturated rings. The van der Waals surface area contributed by atoms with Crippen LogP contribution in [0, 0.1) is 20.8 Å². The Morgan fingerprint density at radius 2 is 2.00 bits per heavy atom. The van der Waals surface area contributed by atoms with Crippen LogP contribution in [0.15, 0.2) is 28.7 Å². The van der Waals surface area contributed by atoms with Crippen molar-refractivity contribution in [2.75, 3.05) is 0 Å². The van der Waals surface area contributed by atoms with E-state index in [4.69, 9.17) is 15.0 Å². The van der Waals surface area contributed by atoms with E-state index in [-0.39, 0.29) is 6.04 Å². The van der Waals surface area contributed by atoms with Crippen LogP contribution in [0.5, 0.6) is 5.75 Å². The minimum absolute atomic E-state index is 0.0924. The lowest BCUT2D eigenvalue weighted by Gasteiger charge is -2.18. The summed E-state index contributed by atoms with van der Waals surface area (Å²) < 4.78 is 11.6. The number of rotatable bonds is 5. The first-order chi connectivity index (χ1) is 10.1. The molecule has 0 radical (unpaired) electrons. The van der Waals surface area contributed by atoms with Crippen LogP contribution in [0.25, 0.3) is 0 Å². The van der Waals surface area contributed by atoms with Crippen molar-refractivity contribution in [3.8, 4) is 5.75 Å². The van der Waals surface area contributed by atoms with Gasteiger partial charge >= 0.3 is 0 Å². The van der Waals surface area contributed by atoms with Gasteiger partial charge in [0.2, 0.25) is 0 Å². The van der Waals surface area contributed by atoms with E-state index < -0.39 is 0 Å². The van der Waals surface area contributed by atoms with Gasteiger partial charge in [-0.3, -0.25) is 5.84 Å². The highest BCUT2D eigenvalue weighted by Gasteiger charge is 2.25. The highest BCUT2D eigenvalue weighted by atomic mass is 16.5. The third kappa shape index (κ3) is 2.82. The van der Waals surface area contributed by atoms with Gasteiger partial charge in [0, 0.05) is 5.56 Å². The maximum absolute atomic E-state index is 5.87. The number of hydrazine groups is 1. The number of aryl methyl sites for hydroxylation is 2. The molecule has 1 aromatic carbocycles. The highest BCUT2D eigenvalue weighted by Crippen LogP contribution is 2.33. The fraction of sp³-hybridized carbons (Fsp3) is 0.412. The van der Waals surface area contributed by atoms with Gasteiger partial charge in [0.05, 0.1) is 12.1 Å². The molecule has 1 heterocycles. The molecular formula is C17H22N2O2. The van der Waals surface area contributed by atoms with E-state index in [1.54, 1.807) is 0 Å². The average Bonchev–Trinajstić information content (AvgIpc) is 3.23. The summed E-state index contributed by atoms with van der Waals surface area (Å²) in [4.78, 5) is 0. The first kappa shape index (κ1) is 14.2. The van der Waals surface area contributed by atoms with Crippen LogP contribution >= 0.6 is 0 Å². The summed E-state index contributed by atoms with van der Waals surface area (Å²) in [7, 11) is 0. The number of nitrogens with two attached hydrogens (primary N) is 1. The molecule has 3 N–H and O–H groups in total. The summed E-state index contributed by atoms with van der Waals surface area (Å²) in [6.45, 7) is 6.02. The molecule has 0 amide bonds. The molecule has 1 aliphatic rings. The molecular weight excluding hydrogens is 264 g/mol. The third-order valence-corrected chi connectivity index (χ3v) is 4.09. The monoisotopic (exact) mass is 286 g/mol. The van der Waals surface area contributed by atoms with E-state index in [9.17, 15) is 0 Å². The van der Waals surface area contributed by atoms with Gasteiger partial charge in [-0.2, -0.15) is 0 Å². The number of ether oxygens (including phenoxy) is 1. The molecule has 4 nitrogen and oxygen atoms in total. The molecule has 112 valence electrons. The minimum atomic E-state index is -0.0924. The maximum atomic E-state index is 5.87. The van der Waals surface area contributed by atoms with Crippen molar-refractivity contribution >= 4 is 0 Å². The Morgan fingerprint density at radius 1 is 1.24 bits per heavy atom. The zero-order valence-corrected chi connectivity index (χ0v) is 12.8. The van der Waals surface area contributed by atoms with Crippen LogP contribution < -0.4 is 16.0 Å². The fourth-order valence-corrected chi connectivity index (χ4v) is 2.73. The van der Waals surface area contributed by atoms with Crippen molar-refractivity contribution in [1.29, 1.82) is 0 Å². The average molecular weight is 286 g/mol. The summed E-state index contributed by atoms with van der Waals surface area (Å²) >= 11 is 0. The van der Waals surface area contributed by atoms with Gasteiger partial charge in [0.15, 0.2) is 0 Å².